The highest BCUT2D eigenvalue weighted by molar-refractivity contribution is 6.31. The summed E-state index contributed by atoms with van der Waals surface area (Å²) in [5.41, 5.74) is 13.1. The summed E-state index contributed by atoms with van der Waals surface area (Å²) in [6, 6.07) is 11.6. The normalized spacial score (nSPS) is 11.9. The molecule has 2 rings (SSSR count). The van der Waals surface area contributed by atoms with E-state index in [1.54, 1.807) is 42.5 Å². The fourth-order valence-electron chi connectivity index (χ4n) is 1.92. The molecule has 0 aliphatic rings. The molecule has 0 radical (unpaired) electrons. The largest absolute Gasteiger partial charge is 0.399 e. The minimum absolute atomic E-state index is 0.213. The fraction of sp³-hybridized carbons (Fsp3) is 0.133. The van der Waals surface area contributed by atoms with E-state index in [1.165, 1.54) is 0 Å². The van der Waals surface area contributed by atoms with E-state index in [-0.39, 0.29) is 6.54 Å². The summed E-state index contributed by atoms with van der Waals surface area (Å²) in [6.45, 7) is 0.213. The van der Waals surface area contributed by atoms with Crippen LogP contribution in [0.15, 0.2) is 42.5 Å². The molecule has 1 unspecified atom stereocenters. The lowest BCUT2D eigenvalue weighted by molar-refractivity contribution is 0.100. The molecule has 5 nitrogen and oxygen atoms in total. The minimum atomic E-state index is -0.745. The summed E-state index contributed by atoms with van der Waals surface area (Å²) in [7, 11) is 0. The fourth-order valence-corrected chi connectivity index (χ4v) is 2.09. The van der Waals surface area contributed by atoms with E-state index in [2.05, 4.69) is 5.32 Å². The molecule has 1 atom stereocenters. The summed E-state index contributed by atoms with van der Waals surface area (Å²) < 4.78 is 0. The van der Waals surface area contributed by atoms with Crippen molar-refractivity contribution in [3.8, 4) is 0 Å². The van der Waals surface area contributed by atoms with Crippen molar-refractivity contribution >= 4 is 28.9 Å². The number of nitrogens with two attached hydrogens (primary N) is 2. The van der Waals surface area contributed by atoms with Gasteiger partial charge in [0.25, 0.3) is 5.91 Å². The Morgan fingerprint density at radius 2 is 1.90 bits per heavy atom. The van der Waals surface area contributed by atoms with Gasteiger partial charge in [-0.05, 0) is 35.9 Å². The number of carbonyl (C=O) groups is 1. The summed E-state index contributed by atoms with van der Waals surface area (Å²) in [6.07, 6.45) is -0.745. The molecule has 0 aliphatic carbocycles. The third-order valence-corrected chi connectivity index (χ3v) is 3.29. The maximum Gasteiger partial charge on any atom is 0.250 e. The van der Waals surface area contributed by atoms with E-state index in [9.17, 15) is 9.90 Å². The topological polar surface area (TPSA) is 101 Å². The van der Waals surface area contributed by atoms with Gasteiger partial charge in [0, 0.05) is 22.9 Å². The van der Waals surface area contributed by atoms with Crippen molar-refractivity contribution in [1.82, 2.24) is 0 Å². The first-order chi connectivity index (χ1) is 9.97. The van der Waals surface area contributed by atoms with Crippen molar-refractivity contribution < 1.29 is 9.90 Å². The summed E-state index contributed by atoms with van der Waals surface area (Å²) in [5, 5.41) is 13.6. The number of aliphatic hydroxyl groups is 1. The highest BCUT2D eigenvalue weighted by Crippen LogP contribution is 2.22. The van der Waals surface area contributed by atoms with Gasteiger partial charge in [-0.25, -0.2) is 0 Å². The Bertz CT molecular complexity index is 644. The molecule has 0 aliphatic heterocycles. The summed E-state index contributed by atoms with van der Waals surface area (Å²) >= 11 is 5.90. The molecule has 0 saturated heterocycles. The molecule has 0 spiro atoms. The second-order valence-electron chi connectivity index (χ2n) is 4.62. The van der Waals surface area contributed by atoms with Crippen LogP contribution in [0.3, 0.4) is 0 Å². The van der Waals surface area contributed by atoms with E-state index >= 15 is 0 Å². The molecule has 6 N–H and O–H groups in total. The molecule has 1 amide bonds. The van der Waals surface area contributed by atoms with Gasteiger partial charge >= 0.3 is 0 Å². The quantitative estimate of drug-likeness (QED) is 0.636. The Morgan fingerprint density at radius 3 is 2.52 bits per heavy atom. The van der Waals surface area contributed by atoms with E-state index in [4.69, 9.17) is 23.1 Å². The van der Waals surface area contributed by atoms with E-state index in [0.717, 1.165) is 5.56 Å². The van der Waals surface area contributed by atoms with Crippen molar-refractivity contribution in [1.29, 1.82) is 0 Å². The van der Waals surface area contributed by atoms with Crippen LogP contribution in [0.4, 0.5) is 11.4 Å². The Balaban J connectivity index is 2.10. The first kappa shape index (κ1) is 15.2. The number of carbonyl (C=O) groups excluding carboxylic acids is 1. The molecule has 0 bridgehead atoms. The number of aliphatic hydroxyl groups excluding tert-OH is 1. The van der Waals surface area contributed by atoms with Gasteiger partial charge in [0.1, 0.15) is 0 Å². The second-order valence-corrected chi connectivity index (χ2v) is 5.05. The number of nitrogens with one attached hydrogen (secondary N) is 1. The number of rotatable bonds is 5. The van der Waals surface area contributed by atoms with Crippen molar-refractivity contribution in [2.75, 3.05) is 17.6 Å². The molecular formula is C15H16ClN3O2. The number of halogens is 1. The van der Waals surface area contributed by atoms with Crippen LogP contribution >= 0.6 is 11.6 Å². The lowest BCUT2D eigenvalue weighted by Crippen LogP contribution is -2.17. The Labute approximate surface area is 127 Å². The van der Waals surface area contributed by atoms with Crippen LogP contribution in [0, 0.1) is 0 Å². The highest BCUT2D eigenvalue weighted by Gasteiger charge is 2.11. The third-order valence-electron chi connectivity index (χ3n) is 3.05. The van der Waals surface area contributed by atoms with Crippen molar-refractivity contribution in [3.63, 3.8) is 0 Å². The predicted molar refractivity (Wildman–Crippen MR) is 84.3 cm³/mol. The first-order valence-electron chi connectivity index (χ1n) is 6.34. The van der Waals surface area contributed by atoms with Crippen LogP contribution < -0.4 is 16.8 Å². The predicted octanol–water partition coefficient (Wildman–Crippen LogP) is 2.17. The van der Waals surface area contributed by atoms with Gasteiger partial charge in [0.15, 0.2) is 0 Å². The van der Waals surface area contributed by atoms with Gasteiger partial charge in [0.2, 0.25) is 0 Å². The van der Waals surface area contributed by atoms with Crippen LogP contribution in [-0.4, -0.2) is 17.6 Å². The van der Waals surface area contributed by atoms with Crippen LogP contribution in [0.5, 0.6) is 0 Å². The third kappa shape index (κ3) is 3.87. The van der Waals surface area contributed by atoms with Crippen LogP contribution in [0.2, 0.25) is 5.02 Å². The molecule has 0 saturated carbocycles. The molecule has 2 aromatic carbocycles. The number of hydrogen-bond donors (Lipinski definition) is 4. The zero-order valence-corrected chi connectivity index (χ0v) is 12.0. The average molecular weight is 306 g/mol. The van der Waals surface area contributed by atoms with Crippen LogP contribution in [-0.2, 0) is 0 Å². The van der Waals surface area contributed by atoms with Crippen molar-refractivity contribution in [2.45, 2.75) is 6.10 Å². The zero-order valence-electron chi connectivity index (χ0n) is 11.2. The van der Waals surface area contributed by atoms with E-state index < -0.39 is 12.0 Å². The molecule has 2 aromatic rings. The molecular weight excluding hydrogens is 290 g/mol. The van der Waals surface area contributed by atoms with Gasteiger partial charge in [-0.3, -0.25) is 4.79 Å². The Morgan fingerprint density at radius 1 is 1.24 bits per heavy atom. The SMILES string of the molecule is NC(=O)c1ccc(Cl)cc1NCC(O)c1ccc(N)cc1. The number of primary amides is 1. The highest BCUT2D eigenvalue weighted by atomic mass is 35.5. The Hall–Kier alpha value is -2.24. The van der Waals surface area contributed by atoms with E-state index in [1.807, 2.05) is 0 Å². The number of hydrogen-bond acceptors (Lipinski definition) is 4. The maximum atomic E-state index is 11.3. The van der Waals surface area contributed by atoms with Gasteiger partial charge < -0.3 is 21.9 Å². The van der Waals surface area contributed by atoms with Gasteiger partial charge in [-0.15, -0.1) is 0 Å². The number of amides is 1. The standard InChI is InChI=1S/C15H16ClN3O2/c16-10-3-6-12(15(18)21)13(7-10)19-8-14(20)9-1-4-11(17)5-2-9/h1-7,14,19-20H,8,17H2,(H2,18,21). The second kappa shape index (κ2) is 6.47. The number of benzene rings is 2. The molecule has 6 heteroatoms. The van der Waals surface area contributed by atoms with Crippen LogP contribution in [0.25, 0.3) is 0 Å². The maximum absolute atomic E-state index is 11.3. The molecule has 0 aromatic heterocycles. The average Bonchev–Trinajstić information content (AvgIpc) is 2.45. The zero-order chi connectivity index (χ0) is 15.4. The van der Waals surface area contributed by atoms with Crippen molar-refractivity contribution in [3.05, 3.63) is 58.6 Å². The minimum Gasteiger partial charge on any atom is -0.399 e. The molecule has 110 valence electrons. The number of nitrogen functional groups attached to an aromatic ring is 1. The molecule has 21 heavy (non-hydrogen) atoms. The van der Waals surface area contributed by atoms with Crippen molar-refractivity contribution in [2.24, 2.45) is 5.73 Å². The molecule has 0 heterocycles. The Kier molecular flexibility index (Phi) is 4.67. The summed E-state index contributed by atoms with van der Waals surface area (Å²) in [4.78, 5) is 11.3. The van der Waals surface area contributed by atoms with Crippen LogP contribution in [0.1, 0.15) is 22.0 Å². The molecule has 0 fully saturated rings. The smallest absolute Gasteiger partial charge is 0.250 e. The summed E-state index contributed by atoms with van der Waals surface area (Å²) in [5.74, 6) is -0.559. The lowest BCUT2D eigenvalue weighted by atomic mass is 10.1. The number of anilines is 2. The van der Waals surface area contributed by atoms with E-state index in [0.29, 0.717) is 22.0 Å². The van der Waals surface area contributed by atoms with Gasteiger partial charge in [0.05, 0.1) is 11.7 Å². The van der Waals surface area contributed by atoms with Gasteiger partial charge in [-0.1, -0.05) is 23.7 Å². The first-order valence-corrected chi connectivity index (χ1v) is 6.72. The lowest BCUT2D eigenvalue weighted by Gasteiger charge is -2.15. The van der Waals surface area contributed by atoms with Gasteiger partial charge in [-0.2, -0.15) is 0 Å². The monoisotopic (exact) mass is 305 g/mol.